The van der Waals surface area contributed by atoms with Crippen LogP contribution in [0.25, 0.3) is 0 Å². The summed E-state index contributed by atoms with van der Waals surface area (Å²) in [5, 5.41) is 13.7. The van der Waals surface area contributed by atoms with Crippen LogP contribution in [0.1, 0.15) is 55.2 Å². The normalized spacial score (nSPS) is 16.7. The Morgan fingerprint density at radius 2 is 1.89 bits per heavy atom. The number of pyridine rings is 1. The van der Waals surface area contributed by atoms with Crippen LogP contribution in [-0.4, -0.2) is 22.0 Å². The Bertz CT molecular complexity index is 802. The van der Waals surface area contributed by atoms with E-state index in [1.54, 1.807) is 12.1 Å². The van der Waals surface area contributed by atoms with Gasteiger partial charge in [0.25, 0.3) is 0 Å². The van der Waals surface area contributed by atoms with Crippen molar-refractivity contribution in [1.82, 2.24) is 10.3 Å². The fraction of sp³-hybridized carbons (Fsp3) is 0.455. The maximum absolute atomic E-state index is 13.6. The molecule has 3 rings (SSSR count). The molecular weight excluding hydrogens is 362 g/mol. The van der Waals surface area contributed by atoms with Crippen molar-refractivity contribution in [3.8, 4) is 0 Å². The van der Waals surface area contributed by atoms with Gasteiger partial charge in [-0.15, -0.1) is 0 Å². The lowest BCUT2D eigenvalue weighted by molar-refractivity contribution is -0.123. The summed E-state index contributed by atoms with van der Waals surface area (Å²) in [5.41, 5.74) is 1.53. The van der Waals surface area contributed by atoms with E-state index in [0.29, 0.717) is 23.6 Å². The van der Waals surface area contributed by atoms with Gasteiger partial charge in [-0.25, -0.2) is 8.78 Å². The maximum Gasteiger partial charge on any atom is 0.220 e. The number of rotatable bonds is 7. The topological polar surface area (TPSA) is 62.2 Å². The minimum absolute atomic E-state index is 0.0991. The fourth-order valence-electron chi connectivity index (χ4n) is 3.90. The first-order valence-electron chi connectivity index (χ1n) is 9.76. The molecule has 1 unspecified atom stereocenters. The third-order valence-electron chi connectivity index (χ3n) is 5.27. The average molecular weight is 388 g/mol. The van der Waals surface area contributed by atoms with E-state index in [9.17, 15) is 18.7 Å². The first-order valence-corrected chi connectivity index (χ1v) is 9.76. The molecule has 0 bridgehead atoms. The number of carbonyl (C=O) groups is 1. The number of amides is 1. The Hall–Kier alpha value is -2.34. The number of aryl methyl sites for hydroxylation is 1. The van der Waals surface area contributed by atoms with Gasteiger partial charge in [0, 0.05) is 18.2 Å². The van der Waals surface area contributed by atoms with Crippen LogP contribution in [-0.2, 0) is 11.2 Å². The number of benzene rings is 1. The van der Waals surface area contributed by atoms with Crippen LogP contribution in [0, 0.1) is 24.5 Å². The number of nitrogens with zero attached hydrogens (tertiary/aromatic N) is 1. The van der Waals surface area contributed by atoms with Crippen LogP contribution in [0.4, 0.5) is 8.78 Å². The van der Waals surface area contributed by atoms with Gasteiger partial charge in [0.15, 0.2) is 0 Å². The Morgan fingerprint density at radius 1 is 1.21 bits per heavy atom. The number of aliphatic hydroxyl groups excluding tert-OH is 1. The molecule has 0 aliphatic heterocycles. The van der Waals surface area contributed by atoms with Crippen LogP contribution in [0.2, 0.25) is 0 Å². The highest BCUT2D eigenvalue weighted by molar-refractivity contribution is 5.76. The molecule has 1 aromatic heterocycles. The number of aliphatic hydroxyl groups is 1. The summed E-state index contributed by atoms with van der Waals surface area (Å²) in [6.07, 6.45) is 3.77. The smallest absolute Gasteiger partial charge is 0.220 e. The van der Waals surface area contributed by atoms with Crippen molar-refractivity contribution in [2.75, 3.05) is 0 Å². The number of hydrogen-bond donors (Lipinski definition) is 2. The molecule has 1 amide bonds. The molecule has 2 N–H and O–H groups in total. The maximum atomic E-state index is 13.6. The van der Waals surface area contributed by atoms with Crippen LogP contribution in [0.3, 0.4) is 0 Å². The molecule has 150 valence electrons. The van der Waals surface area contributed by atoms with Gasteiger partial charge in [-0.05, 0) is 61.9 Å². The quantitative estimate of drug-likeness (QED) is 0.753. The molecule has 1 aromatic carbocycles. The Labute approximate surface area is 164 Å². The molecule has 6 heteroatoms. The lowest BCUT2D eigenvalue weighted by Crippen LogP contribution is -2.41. The molecule has 2 atom stereocenters. The van der Waals surface area contributed by atoms with Crippen molar-refractivity contribution in [3.63, 3.8) is 0 Å². The van der Waals surface area contributed by atoms with E-state index < -0.39 is 23.8 Å². The zero-order chi connectivity index (χ0) is 20.1. The van der Waals surface area contributed by atoms with E-state index in [0.717, 1.165) is 37.4 Å². The molecule has 28 heavy (non-hydrogen) atoms. The van der Waals surface area contributed by atoms with Crippen molar-refractivity contribution in [1.29, 1.82) is 0 Å². The highest BCUT2D eigenvalue weighted by atomic mass is 19.1. The van der Waals surface area contributed by atoms with Gasteiger partial charge >= 0.3 is 0 Å². The monoisotopic (exact) mass is 388 g/mol. The highest BCUT2D eigenvalue weighted by Gasteiger charge is 2.26. The van der Waals surface area contributed by atoms with E-state index >= 15 is 0 Å². The largest absolute Gasteiger partial charge is 0.385 e. The van der Waals surface area contributed by atoms with Gasteiger partial charge < -0.3 is 10.4 Å². The molecule has 1 fully saturated rings. The Kier molecular flexibility index (Phi) is 6.73. The van der Waals surface area contributed by atoms with Crippen molar-refractivity contribution in [2.45, 2.75) is 57.6 Å². The van der Waals surface area contributed by atoms with E-state index in [2.05, 4.69) is 10.3 Å². The lowest BCUT2D eigenvalue weighted by atomic mass is 9.97. The first kappa shape index (κ1) is 20.4. The van der Waals surface area contributed by atoms with Crippen molar-refractivity contribution < 1.29 is 18.7 Å². The predicted octanol–water partition coefficient (Wildman–Crippen LogP) is 4.01. The molecule has 0 spiro atoms. The SMILES string of the molecule is Cc1cccc(C(O)[C@H](Cc2cc(F)cc(F)c2)NC(=O)CC2CCCC2)n1. The van der Waals surface area contributed by atoms with E-state index in [1.165, 1.54) is 12.1 Å². The lowest BCUT2D eigenvalue weighted by Gasteiger charge is -2.25. The molecule has 1 aliphatic rings. The molecule has 2 aromatic rings. The summed E-state index contributed by atoms with van der Waals surface area (Å²) < 4.78 is 27.2. The van der Waals surface area contributed by atoms with Crippen molar-refractivity contribution in [3.05, 3.63) is 65.0 Å². The van der Waals surface area contributed by atoms with Gasteiger partial charge in [0.05, 0.1) is 11.7 Å². The van der Waals surface area contributed by atoms with Gasteiger partial charge in [-0.2, -0.15) is 0 Å². The molecule has 1 aliphatic carbocycles. The molecule has 1 heterocycles. The predicted molar refractivity (Wildman–Crippen MR) is 103 cm³/mol. The van der Waals surface area contributed by atoms with Crippen molar-refractivity contribution in [2.24, 2.45) is 5.92 Å². The van der Waals surface area contributed by atoms with Gasteiger partial charge in [-0.1, -0.05) is 18.9 Å². The Morgan fingerprint density at radius 3 is 2.54 bits per heavy atom. The number of halogens is 2. The van der Waals surface area contributed by atoms with Crippen LogP contribution < -0.4 is 5.32 Å². The zero-order valence-corrected chi connectivity index (χ0v) is 16.0. The van der Waals surface area contributed by atoms with Crippen LogP contribution in [0.15, 0.2) is 36.4 Å². The van der Waals surface area contributed by atoms with Gasteiger partial charge in [0.1, 0.15) is 17.7 Å². The molecular formula is C22H26F2N2O2. The second kappa shape index (κ2) is 9.24. The highest BCUT2D eigenvalue weighted by Crippen LogP contribution is 2.28. The summed E-state index contributed by atoms with van der Waals surface area (Å²) in [7, 11) is 0. The van der Waals surface area contributed by atoms with E-state index in [-0.39, 0.29) is 12.3 Å². The second-order valence-corrected chi connectivity index (χ2v) is 7.66. The van der Waals surface area contributed by atoms with Crippen molar-refractivity contribution >= 4 is 5.91 Å². The zero-order valence-electron chi connectivity index (χ0n) is 16.0. The number of hydrogen-bond acceptors (Lipinski definition) is 3. The second-order valence-electron chi connectivity index (χ2n) is 7.66. The minimum atomic E-state index is -1.08. The summed E-state index contributed by atoms with van der Waals surface area (Å²) >= 11 is 0. The Balaban J connectivity index is 1.78. The van der Waals surface area contributed by atoms with E-state index in [1.807, 2.05) is 13.0 Å². The molecule has 0 radical (unpaired) electrons. The fourth-order valence-corrected chi connectivity index (χ4v) is 3.90. The summed E-state index contributed by atoms with van der Waals surface area (Å²) in [6.45, 7) is 1.81. The number of carbonyl (C=O) groups excluding carboxylic acids is 1. The van der Waals surface area contributed by atoms with Gasteiger partial charge in [0.2, 0.25) is 5.91 Å². The number of aromatic nitrogens is 1. The summed E-state index contributed by atoms with van der Waals surface area (Å²) in [6, 6.07) is 7.77. The number of nitrogens with one attached hydrogen (secondary N) is 1. The standard InChI is InChI=1S/C22H26F2N2O2/c1-14-5-4-8-19(25-14)22(28)20(11-16-9-17(23)13-18(24)10-16)26-21(27)12-15-6-2-3-7-15/h4-5,8-10,13,15,20,22,28H,2-3,6-7,11-12H2,1H3,(H,26,27)/t20-,22?/m0/s1. The van der Waals surface area contributed by atoms with E-state index in [4.69, 9.17) is 0 Å². The first-order chi connectivity index (χ1) is 13.4. The van der Waals surface area contributed by atoms with Gasteiger partial charge in [-0.3, -0.25) is 9.78 Å². The molecule has 0 saturated heterocycles. The molecule has 4 nitrogen and oxygen atoms in total. The average Bonchev–Trinajstić information content (AvgIpc) is 3.12. The summed E-state index contributed by atoms with van der Waals surface area (Å²) in [5.74, 6) is -1.16. The van der Waals surface area contributed by atoms with Crippen LogP contribution >= 0.6 is 0 Å². The summed E-state index contributed by atoms with van der Waals surface area (Å²) in [4.78, 5) is 16.9. The third-order valence-corrected chi connectivity index (χ3v) is 5.27. The van der Waals surface area contributed by atoms with Crippen LogP contribution in [0.5, 0.6) is 0 Å². The third kappa shape index (κ3) is 5.58. The molecule has 1 saturated carbocycles. The minimum Gasteiger partial charge on any atom is -0.385 e.